The van der Waals surface area contributed by atoms with Gasteiger partial charge in [0.05, 0.1) is 11.6 Å². The summed E-state index contributed by atoms with van der Waals surface area (Å²) in [6, 6.07) is 11.0. The van der Waals surface area contributed by atoms with Gasteiger partial charge in [0.1, 0.15) is 0 Å². The van der Waals surface area contributed by atoms with Gasteiger partial charge < -0.3 is 0 Å². The highest BCUT2D eigenvalue weighted by Gasteiger charge is 2.11. The van der Waals surface area contributed by atoms with E-state index in [0.717, 1.165) is 11.3 Å². The topological polar surface area (TPSA) is 64.4 Å². The minimum Gasteiger partial charge on any atom is -0.256 e. The van der Waals surface area contributed by atoms with Gasteiger partial charge in [-0.1, -0.05) is 6.07 Å². The van der Waals surface area contributed by atoms with Gasteiger partial charge in [-0.2, -0.15) is 5.26 Å². The zero-order valence-electron chi connectivity index (χ0n) is 10.9. The number of nitrogens with zero attached hydrogens (tertiary/aromatic N) is 3. The number of pyridine rings is 2. The minimum absolute atomic E-state index is 0.113. The van der Waals surface area contributed by atoms with E-state index in [1.54, 1.807) is 30.7 Å². The van der Waals surface area contributed by atoms with E-state index in [-0.39, 0.29) is 5.70 Å². The third-order valence-electron chi connectivity index (χ3n) is 2.72. The second kappa shape index (κ2) is 6.91. The summed E-state index contributed by atoms with van der Waals surface area (Å²) in [7, 11) is 0. The van der Waals surface area contributed by atoms with Gasteiger partial charge >= 0.3 is 5.70 Å². The maximum absolute atomic E-state index is 8.86. The van der Waals surface area contributed by atoms with Gasteiger partial charge in [0.2, 0.25) is 0 Å². The van der Waals surface area contributed by atoms with Gasteiger partial charge in [0.25, 0.3) is 0 Å². The van der Waals surface area contributed by atoms with Gasteiger partial charge in [0, 0.05) is 33.7 Å². The van der Waals surface area contributed by atoms with Crippen LogP contribution in [0.1, 0.15) is 11.3 Å². The standard InChI is InChI=1S/C15H10N4S2/c16-9-12(10-17)19-7-4-11(5-8-19)14(20)15(21)13-3-1-2-6-18-13/h1-8,16,20H/p+1. The quantitative estimate of drug-likeness (QED) is 0.353. The van der Waals surface area contributed by atoms with E-state index >= 15 is 0 Å². The minimum atomic E-state index is 0.113. The van der Waals surface area contributed by atoms with E-state index < -0.39 is 0 Å². The molecule has 0 atom stereocenters. The SMILES string of the molecule is N#CC(=C=N)[n+]1ccc(/C(S)=C(\S)c2ccccn2)cc1. The molecule has 2 aromatic rings. The predicted octanol–water partition coefficient (Wildman–Crippen LogP) is 2.67. The Kier molecular flexibility index (Phi) is 4.96. The fourth-order valence-electron chi connectivity index (χ4n) is 1.64. The van der Waals surface area contributed by atoms with Gasteiger partial charge in [0.15, 0.2) is 18.5 Å². The van der Waals surface area contributed by atoms with Crippen LogP contribution in [0.2, 0.25) is 0 Å². The number of aromatic nitrogens is 2. The monoisotopic (exact) mass is 311 g/mol. The molecule has 0 aliphatic carbocycles. The van der Waals surface area contributed by atoms with Gasteiger partial charge in [-0.05, 0) is 12.1 Å². The summed E-state index contributed by atoms with van der Waals surface area (Å²) in [5.41, 5.74) is 1.69. The van der Waals surface area contributed by atoms with Crippen molar-refractivity contribution in [3.8, 4) is 6.07 Å². The summed E-state index contributed by atoms with van der Waals surface area (Å²) in [5.74, 6) is 2.08. The number of hydrogen-bond acceptors (Lipinski definition) is 5. The first-order chi connectivity index (χ1) is 10.2. The molecule has 1 N–H and O–H groups in total. The van der Waals surface area contributed by atoms with Crippen molar-refractivity contribution in [2.75, 3.05) is 0 Å². The van der Waals surface area contributed by atoms with E-state index in [1.807, 2.05) is 24.3 Å². The lowest BCUT2D eigenvalue weighted by Crippen LogP contribution is -2.30. The Morgan fingerprint density at radius 2 is 1.86 bits per heavy atom. The van der Waals surface area contributed by atoms with Crippen LogP contribution in [-0.2, 0) is 0 Å². The van der Waals surface area contributed by atoms with Gasteiger partial charge in [-0.15, -0.1) is 29.8 Å². The molecule has 0 radical (unpaired) electrons. The van der Waals surface area contributed by atoms with Crippen LogP contribution in [0.15, 0.2) is 48.9 Å². The van der Waals surface area contributed by atoms with Crippen molar-refractivity contribution in [1.29, 1.82) is 10.7 Å². The molecule has 0 aromatic carbocycles. The number of nitrogens with one attached hydrogen (secondary N) is 1. The third kappa shape index (κ3) is 3.41. The first kappa shape index (κ1) is 15.1. The molecule has 2 heterocycles. The average Bonchev–Trinajstić information content (AvgIpc) is 2.56. The molecule has 2 aromatic heterocycles. The lowest BCUT2D eigenvalue weighted by Gasteiger charge is -2.05. The Morgan fingerprint density at radius 3 is 2.38 bits per heavy atom. The van der Waals surface area contributed by atoms with Crippen molar-refractivity contribution < 1.29 is 4.57 Å². The first-order valence-corrected chi connectivity index (χ1v) is 6.82. The zero-order valence-corrected chi connectivity index (χ0v) is 12.6. The molecule has 0 fully saturated rings. The van der Waals surface area contributed by atoms with Crippen LogP contribution in [0, 0.1) is 16.7 Å². The maximum atomic E-state index is 8.86. The Hall–Kier alpha value is -2.32. The second-order valence-electron chi connectivity index (χ2n) is 3.99. The van der Waals surface area contributed by atoms with Crippen molar-refractivity contribution in [2.24, 2.45) is 0 Å². The van der Waals surface area contributed by atoms with Crippen molar-refractivity contribution in [3.05, 3.63) is 60.2 Å². The predicted molar refractivity (Wildman–Crippen MR) is 88.7 cm³/mol. The average molecular weight is 311 g/mol. The normalized spacial score (nSPS) is 11.1. The Labute approximate surface area is 133 Å². The van der Waals surface area contributed by atoms with E-state index in [4.69, 9.17) is 10.7 Å². The summed E-state index contributed by atoms with van der Waals surface area (Å²) in [6.45, 7) is 0. The molecule has 0 saturated heterocycles. The molecule has 0 aliphatic heterocycles. The molecule has 21 heavy (non-hydrogen) atoms. The molecule has 102 valence electrons. The van der Waals surface area contributed by atoms with E-state index in [1.165, 1.54) is 4.57 Å². The zero-order chi connectivity index (χ0) is 15.2. The summed E-state index contributed by atoms with van der Waals surface area (Å²) in [4.78, 5) is 5.58. The van der Waals surface area contributed by atoms with E-state index in [2.05, 4.69) is 36.1 Å². The second-order valence-corrected chi connectivity index (χ2v) is 4.89. The highest BCUT2D eigenvalue weighted by molar-refractivity contribution is 7.96. The molecule has 6 heteroatoms. The van der Waals surface area contributed by atoms with Crippen LogP contribution in [-0.4, -0.2) is 10.9 Å². The largest absolute Gasteiger partial charge is 0.351 e. The summed E-state index contributed by atoms with van der Waals surface area (Å²) in [5, 5.41) is 15.9. The summed E-state index contributed by atoms with van der Waals surface area (Å²) in [6.07, 6.45) is 5.04. The fourth-order valence-corrected chi connectivity index (χ4v) is 2.17. The number of rotatable bonds is 3. The summed E-state index contributed by atoms with van der Waals surface area (Å²) >= 11 is 8.95. The molecule has 0 unspecified atom stereocenters. The third-order valence-corrected chi connectivity index (χ3v) is 3.83. The van der Waals surface area contributed by atoms with Gasteiger partial charge in [-0.3, -0.25) is 10.4 Å². The molecular formula is C15H11N4S2+. The number of thiol groups is 2. The number of nitriles is 1. The lowest BCUT2D eigenvalue weighted by atomic mass is 10.2. The van der Waals surface area contributed by atoms with Crippen LogP contribution < -0.4 is 4.57 Å². The Bertz CT molecular complexity index is 768. The maximum Gasteiger partial charge on any atom is 0.351 e. The number of hydrogen-bond donors (Lipinski definition) is 3. The molecule has 0 saturated carbocycles. The Balaban J connectivity index is 2.39. The molecule has 2 rings (SSSR count). The van der Waals surface area contributed by atoms with E-state index in [0.29, 0.717) is 9.81 Å². The molecule has 0 spiro atoms. The highest BCUT2D eigenvalue weighted by atomic mass is 32.1. The molecule has 4 nitrogen and oxygen atoms in total. The Morgan fingerprint density at radius 1 is 1.14 bits per heavy atom. The fraction of sp³-hybridized carbons (Fsp3) is 0. The molecular weight excluding hydrogens is 300 g/mol. The van der Waals surface area contributed by atoms with Crippen molar-refractivity contribution >= 4 is 46.6 Å². The van der Waals surface area contributed by atoms with Crippen molar-refractivity contribution in [2.45, 2.75) is 0 Å². The van der Waals surface area contributed by atoms with Crippen molar-refractivity contribution in [1.82, 2.24) is 4.98 Å². The molecule has 0 aliphatic rings. The molecule has 0 amide bonds. The van der Waals surface area contributed by atoms with Crippen LogP contribution >= 0.6 is 25.3 Å². The van der Waals surface area contributed by atoms with Crippen LogP contribution in [0.4, 0.5) is 0 Å². The smallest absolute Gasteiger partial charge is 0.256 e. The van der Waals surface area contributed by atoms with Crippen LogP contribution in [0.3, 0.4) is 0 Å². The first-order valence-electron chi connectivity index (χ1n) is 5.93. The van der Waals surface area contributed by atoms with E-state index in [9.17, 15) is 0 Å². The lowest BCUT2D eigenvalue weighted by molar-refractivity contribution is -0.576. The van der Waals surface area contributed by atoms with Crippen LogP contribution in [0.5, 0.6) is 0 Å². The number of allylic oxidation sites excluding steroid dienone is 1. The molecule has 0 bridgehead atoms. The highest BCUT2D eigenvalue weighted by Crippen LogP contribution is 2.30. The summed E-state index contributed by atoms with van der Waals surface area (Å²) < 4.78 is 1.51. The van der Waals surface area contributed by atoms with Crippen molar-refractivity contribution in [3.63, 3.8) is 0 Å². The van der Waals surface area contributed by atoms with Crippen LogP contribution in [0.25, 0.3) is 15.5 Å². The van der Waals surface area contributed by atoms with Gasteiger partial charge in [-0.25, -0.2) is 0 Å².